The number of aliphatic carboxylic acids is 1. The quantitative estimate of drug-likeness (QED) is 0.820. The molecule has 25 heavy (non-hydrogen) atoms. The number of hydrogen-bond acceptors (Lipinski definition) is 4. The average molecular weight is 362 g/mol. The molecule has 2 N–H and O–H groups in total. The summed E-state index contributed by atoms with van der Waals surface area (Å²) in [6, 6.07) is 12.8. The number of piperidine rings is 1. The van der Waals surface area contributed by atoms with Crippen molar-refractivity contribution in [1.29, 1.82) is 0 Å². The smallest absolute Gasteiger partial charge is 0.317 e. The van der Waals surface area contributed by atoms with Crippen LogP contribution in [-0.2, 0) is 14.8 Å². The zero-order valence-electron chi connectivity index (χ0n) is 13.9. The molecule has 0 bridgehead atoms. The maximum Gasteiger partial charge on any atom is 0.317 e. The molecular weight excluding hydrogens is 340 g/mol. The maximum absolute atomic E-state index is 13.1. The van der Waals surface area contributed by atoms with Crippen molar-refractivity contribution in [1.82, 2.24) is 9.62 Å². The van der Waals surface area contributed by atoms with Crippen molar-refractivity contribution in [2.75, 3.05) is 26.2 Å². The minimum Gasteiger partial charge on any atom is -0.480 e. The van der Waals surface area contributed by atoms with Gasteiger partial charge in [-0.3, -0.25) is 4.79 Å². The van der Waals surface area contributed by atoms with Crippen molar-refractivity contribution in [3.8, 4) is 0 Å². The lowest BCUT2D eigenvalue weighted by atomic mass is 10.00. The molecule has 1 saturated heterocycles. The lowest BCUT2D eigenvalue weighted by molar-refractivity contribution is -0.136. The van der Waals surface area contributed by atoms with E-state index in [1.165, 1.54) is 4.31 Å². The van der Waals surface area contributed by atoms with Gasteiger partial charge in [-0.25, -0.2) is 8.42 Å². The third-order valence-electron chi connectivity index (χ3n) is 4.56. The molecule has 2 aromatic rings. The number of sulfonamides is 1. The fourth-order valence-electron chi connectivity index (χ4n) is 3.35. The van der Waals surface area contributed by atoms with E-state index in [4.69, 9.17) is 5.11 Å². The van der Waals surface area contributed by atoms with Crippen molar-refractivity contribution in [2.45, 2.75) is 17.7 Å². The van der Waals surface area contributed by atoms with Crippen LogP contribution >= 0.6 is 0 Å². The molecule has 3 rings (SSSR count). The van der Waals surface area contributed by atoms with Gasteiger partial charge in [-0.15, -0.1) is 0 Å². The van der Waals surface area contributed by atoms with Gasteiger partial charge in [0.2, 0.25) is 10.0 Å². The van der Waals surface area contributed by atoms with Crippen LogP contribution in [-0.4, -0.2) is 50.0 Å². The van der Waals surface area contributed by atoms with Crippen LogP contribution < -0.4 is 5.32 Å². The zero-order valence-corrected chi connectivity index (χ0v) is 14.7. The molecule has 1 unspecified atom stereocenters. The molecule has 0 spiro atoms. The first-order chi connectivity index (χ1) is 12.0. The van der Waals surface area contributed by atoms with Crippen molar-refractivity contribution in [2.24, 2.45) is 5.92 Å². The molecular formula is C18H22N2O4S. The molecule has 7 heteroatoms. The summed E-state index contributed by atoms with van der Waals surface area (Å²) in [4.78, 5) is 10.9. The van der Waals surface area contributed by atoms with Crippen molar-refractivity contribution >= 4 is 26.8 Å². The molecule has 0 aromatic heterocycles. The molecule has 1 fully saturated rings. The van der Waals surface area contributed by atoms with Crippen LogP contribution in [0.2, 0.25) is 0 Å². The van der Waals surface area contributed by atoms with E-state index in [2.05, 4.69) is 5.32 Å². The molecule has 1 atom stereocenters. The molecule has 0 amide bonds. The number of carboxylic acid groups (broad SMARTS) is 1. The SMILES string of the molecule is O=C(O)CNCC1CCCN(S(=O)(=O)c2cccc3ccccc23)C1. The Labute approximate surface area is 147 Å². The lowest BCUT2D eigenvalue weighted by Crippen LogP contribution is -2.43. The topological polar surface area (TPSA) is 86.7 Å². The predicted octanol–water partition coefficient (Wildman–Crippen LogP) is 1.91. The monoisotopic (exact) mass is 362 g/mol. The van der Waals surface area contributed by atoms with Gasteiger partial charge in [-0.2, -0.15) is 4.31 Å². The molecule has 1 aliphatic heterocycles. The van der Waals surface area contributed by atoms with E-state index in [1.54, 1.807) is 12.1 Å². The van der Waals surface area contributed by atoms with E-state index in [0.29, 0.717) is 24.5 Å². The number of carboxylic acids is 1. The number of rotatable bonds is 6. The number of nitrogens with one attached hydrogen (secondary N) is 1. The Morgan fingerprint density at radius 2 is 1.96 bits per heavy atom. The zero-order chi connectivity index (χ0) is 17.9. The Bertz CT molecular complexity index is 861. The fourth-order valence-corrected chi connectivity index (χ4v) is 5.12. The van der Waals surface area contributed by atoms with Gasteiger partial charge in [0, 0.05) is 18.5 Å². The summed E-state index contributed by atoms with van der Waals surface area (Å²) in [5.41, 5.74) is 0. The normalized spacial score (nSPS) is 19.1. The van der Waals surface area contributed by atoms with Crippen LogP contribution in [0.15, 0.2) is 47.4 Å². The van der Waals surface area contributed by atoms with Crippen LogP contribution in [0.5, 0.6) is 0 Å². The van der Waals surface area contributed by atoms with Crippen molar-refractivity contribution in [3.05, 3.63) is 42.5 Å². The minimum atomic E-state index is -3.57. The van der Waals surface area contributed by atoms with E-state index in [9.17, 15) is 13.2 Å². The maximum atomic E-state index is 13.1. The lowest BCUT2D eigenvalue weighted by Gasteiger charge is -2.32. The molecule has 1 aliphatic rings. The van der Waals surface area contributed by atoms with E-state index in [0.717, 1.165) is 23.6 Å². The molecule has 0 aliphatic carbocycles. The summed E-state index contributed by atoms with van der Waals surface area (Å²) in [7, 11) is -3.57. The van der Waals surface area contributed by atoms with Gasteiger partial charge < -0.3 is 10.4 Å². The number of hydrogen-bond donors (Lipinski definition) is 2. The van der Waals surface area contributed by atoms with Gasteiger partial charge in [0.05, 0.1) is 11.4 Å². The number of carbonyl (C=O) groups is 1. The summed E-state index contributed by atoms with van der Waals surface area (Å²) < 4.78 is 27.8. The van der Waals surface area contributed by atoms with E-state index in [-0.39, 0.29) is 12.5 Å². The Hall–Kier alpha value is -1.96. The largest absolute Gasteiger partial charge is 0.480 e. The Kier molecular flexibility index (Phi) is 5.36. The van der Waals surface area contributed by atoms with Crippen LogP contribution in [0, 0.1) is 5.92 Å². The van der Waals surface area contributed by atoms with E-state index >= 15 is 0 Å². The van der Waals surface area contributed by atoms with Gasteiger partial charge >= 0.3 is 5.97 Å². The van der Waals surface area contributed by atoms with Crippen LogP contribution in [0.3, 0.4) is 0 Å². The van der Waals surface area contributed by atoms with Crippen LogP contribution in [0.1, 0.15) is 12.8 Å². The number of nitrogens with zero attached hydrogens (tertiary/aromatic N) is 1. The Balaban J connectivity index is 1.80. The highest BCUT2D eigenvalue weighted by molar-refractivity contribution is 7.89. The van der Waals surface area contributed by atoms with Gasteiger partial charge in [-0.1, -0.05) is 36.4 Å². The summed E-state index contributed by atoms with van der Waals surface area (Å²) in [6.07, 6.45) is 1.68. The Morgan fingerprint density at radius 3 is 2.76 bits per heavy atom. The second-order valence-electron chi connectivity index (χ2n) is 6.37. The van der Waals surface area contributed by atoms with E-state index < -0.39 is 16.0 Å². The first-order valence-corrected chi connectivity index (χ1v) is 9.83. The van der Waals surface area contributed by atoms with Gasteiger partial charge in [0.15, 0.2) is 0 Å². The molecule has 1 heterocycles. The predicted molar refractivity (Wildman–Crippen MR) is 95.9 cm³/mol. The van der Waals surface area contributed by atoms with Crippen molar-refractivity contribution < 1.29 is 18.3 Å². The summed E-state index contributed by atoms with van der Waals surface area (Å²) in [5.74, 6) is -0.783. The van der Waals surface area contributed by atoms with E-state index in [1.807, 2.05) is 30.3 Å². The highest BCUT2D eigenvalue weighted by atomic mass is 32.2. The van der Waals surface area contributed by atoms with Crippen LogP contribution in [0.4, 0.5) is 0 Å². The van der Waals surface area contributed by atoms with Crippen molar-refractivity contribution in [3.63, 3.8) is 0 Å². The Morgan fingerprint density at radius 1 is 1.20 bits per heavy atom. The molecule has 6 nitrogen and oxygen atoms in total. The first-order valence-electron chi connectivity index (χ1n) is 8.39. The average Bonchev–Trinajstić information content (AvgIpc) is 2.61. The van der Waals surface area contributed by atoms with Crippen LogP contribution in [0.25, 0.3) is 10.8 Å². The van der Waals surface area contributed by atoms with Gasteiger partial charge in [-0.05, 0) is 36.8 Å². The third-order valence-corrected chi connectivity index (χ3v) is 6.48. The molecule has 2 aromatic carbocycles. The fraction of sp³-hybridized carbons (Fsp3) is 0.389. The molecule has 0 saturated carbocycles. The van der Waals surface area contributed by atoms with Gasteiger partial charge in [0.25, 0.3) is 0 Å². The summed E-state index contributed by atoms with van der Waals surface area (Å²) >= 11 is 0. The second kappa shape index (κ2) is 7.51. The van der Waals surface area contributed by atoms with Gasteiger partial charge in [0.1, 0.15) is 0 Å². The molecule has 134 valence electrons. The summed E-state index contributed by atoms with van der Waals surface area (Å²) in [5, 5.41) is 13.2. The highest BCUT2D eigenvalue weighted by Gasteiger charge is 2.31. The third kappa shape index (κ3) is 4.00. The number of benzene rings is 2. The minimum absolute atomic E-state index is 0.105. The second-order valence-corrected chi connectivity index (χ2v) is 8.28. The highest BCUT2D eigenvalue weighted by Crippen LogP contribution is 2.28. The number of fused-ring (bicyclic) bond motifs is 1. The standard InChI is InChI=1S/C18H22N2O4S/c21-18(22)12-19-11-14-5-4-10-20(13-14)25(23,24)17-9-3-7-15-6-1-2-8-16(15)17/h1-3,6-9,14,19H,4-5,10-13H2,(H,21,22). The first kappa shape index (κ1) is 17.8. The molecule has 0 radical (unpaired) electrons. The summed E-state index contributed by atoms with van der Waals surface area (Å²) in [6.45, 7) is 1.32.